The van der Waals surface area contributed by atoms with Gasteiger partial charge in [0.1, 0.15) is 0 Å². The fraction of sp³-hybridized carbons (Fsp3) is 0.647. The molecule has 0 N–H and O–H groups in total. The topological polar surface area (TPSA) is 36.9 Å². The zero-order valence-corrected chi connectivity index (χ0v) is 12.8. The van der Waals surface area contributed by atoms with Crippen LogP contribution in [-0.4, -0.2) is 33.2 Å². The Morgan fingerprint density at radius 2 is 1.90 bits per heavy atom. The molecule has 4 nitrogen and oxygen atoms in total. The average molecular weight is 292 g/mol. The van der Waals surface area contributed by atoms with Gasteiger partial charge in [-0.25, -0.2) is 0 Å². The van der Waals surface area contributed by atoms with Gasteiger partial charge < -0.3 is 18.9 Å². The van der Waals surface area contributed by atoms with Crippen molar-refractivity contribution in [1.82, 2.24) is 0 Å². The summed E-state index contributed by atoms with van der Waals surface area (Å²) in [5, 5.41) is 0. The zero-order valence-electron chi connectivity index (χ0n) is 12.8. The van der Waals surface area contributed by atoms with E-state index in [4.69, 9.17) is 18.9 Å². The van der Waals surface area contributed by atoms with Gasteiger partial charge in [-0.05, 0) is 43.4 Å². The van der Waals surface area contributed by atoms with Gasteiger partial charge in [0.25, 0.3) is 0 Å². The Morgan fingerprint density at radius 1 is 1.10 bits per heavy atom. The minimum Gasteiger partial charge on any atom is -0.493 e. The van der Waals surface area contributed by atoms with Crippen molar-refractivity contribution >= 4 is 0 Å². The Bertz CT molecular complexity index is 468. The van der Waals surface area contributed by atoms with Crippen LogP contribution in [0.25, 0.3) is 0 Å². The molecule has 116 valence electrons. The smallest absolute Gasteiger partial charge is 0.161 e. The Labute approximate surface area is 126 Å². The van der Waals surface area contributed by atoms with Crippen molar-refractivity contribution in [3.63, 3.8) is 0 Å². The summed E-state index contributed by atoms with van der Waals surface area (Å²) in [4.78, 5) is 0. The number of hydrogen-bond donors (Lipinski definition) is 0. The molecule has 1 aromatic rings. The fourth-order valence-corrected chi connectivity index (χ4v) is 3.21. The van der Waals surface area contributed by atoms with Gasteiger partial charge in [0.05, 0.1) is 19.8 Å². The molecule has 0 spiro atoms. The van der Waals surface area contributed by atoms with E-state index < -0.39 is 0 Å². The minimum atomic E-state index is -0.0868. The van der Waals surface area contributed by atoms with Crippen LogP contribution in [0.15, 0.2) is 18.2 Å². The highest BCUT2D eigenvalue weighted by molar-refractivity contribution is 5.44. The third-order valence-corrected chi connectivity index (χ3v) is 4.48. The molecule has 1 aliphatic carbocycles. The predicted molar refractivity (Wildman–Crippen MR) is 80.0 cm³/mol. The van der Waals surface area contributed by atoms with Crippen LogP contribution < -0.4 is 9.47 Å². The molecule has 1 saturated heterocycles. The minimum absolute atomic E-state index is 0.0868. The lowest BCUT2D eigenvalue weighted by atomic mass is 9.97. The summed E-state index contributed by atoms with van der Waals surface area (Å²) < 4.78 is 22.5. The number of methoxy groups -OCH3 is 2. The molecule has 3 rings (SSSR count). The molecule has 2 aliphatic rings. The van der Waals surface area contributed by atoms with Gasteiger partial charge >= 0.3 is 0 Å². The van der Waals surface area contributed by atoms with Crippen molar-refractivity contribution in [3.8, 4) is 11.5 Å². The quantitative estimate of drug-likeness (QED) is 0.832. The van der Waals surface area contributed by atoms with Crippen molar-refractivity contribution in [2.24, 2.45) is 0 Å². The predicted octanol–water partition coefficient (Wildman–Crippen LogP) is 3.49. The van der Waals surface area contributed by atoms with E-state index >= 15 is 0 Å². The maximum atomic E-state index is 6.15. The van der Waals surface area contributed by atoms with Gasteiger partial charge in [0.2, 0.25) is 0 Å². The molecule has 0 bridgehead atoms. The highest BCUT2D eigenvalue weighted by Gasteiger charge is 2.27. The number of rotatable bonds is 5. The third kappa shape index (κ3) is 3.33. The summed E-state index contributed by atoms with van der Waals surface area (Å²) in [5.41, 5.74) is 1.24. The Kier molecular flexibility index (Phi) is 4.66. The van der Waals surface area contributed by atoms with E-state index in [-0.39, 0.29) is 6.29 Å². The molecule has 2 fully saturated rings. The highest BCUT2D eigenvalue weighted by Crippen LogP contribution is 2.37. The molecule has 21 heavy (non-hydrogen) atoms. The Morgan fingerprint density at radius 3 is 2.57 bits per heavy atom. The Balaban J connectivity index is 1.76. The van der Waals surface area contributed by atoms with E-state index in [2.05, 4.69) is 12.1 Å². The number of ether oxygens (including phenoxy) is 4. The summed E-state index contributed by atoms with van der Waals surface area (Å²) in [7, 11) is 3.38. The molecule has 1 heterocycles. The van der Waals surface area contributed by atoms with Crippen LogP contribution in [0.1, 0.15) is 43.6 Å². The monoisotopic (exact) mass is 292 g/mol. The van der Waals surface area contributed by atoms with Gasteiger partial charge in [0.15, 0.2) is 17.8 Å². The maximum Gasteiger partial charge on any atom is 0.161 e. The first-order valence-electron chi connectivity index (χ1n) is 7.79. The maximum absolute atomic E-state index is 6.15. The van der Waals surface area contributed by atoms with Crippen molar-refractivity contribution in [2.45, 2.75) is 50.4 Å². The molecule has 0 aromatic heterocycles. The zero-order chi connectivity index (χ0) is 14.7. The molecular weight excluding hydrogens is 268 g/mol. The second-order valence-electron chi connectivity index (χ2n) is 5.87. The lowest BCUT2D eigenvalue weighted by Crippen LogP contribution is -2.12. The number of benzene rings is 1. The molecular formula is C17H24O4. The Hall–Kier alpha value is -1.26. The van der Waals surface area contributed by atoms with Gasteiger partial charge in [-0.3, -0.25) is 0 Å². The van der Waals surface area contributed by atoms with E-state index in [0.717, 1.165) is 30.8 Å². The van der Waals surface area contributed by atoms with Gasteiger partial charge in [-0.2, -0.15) is 0 Å². The molecule has 0 unspecified atom stereocenters. The first-order valence-corrected chi connectivity index (χ1v) is 7.79. The lowest BCUT2D eigenvalue weighted by Gasteiger charge is -2.18. The van der Waals surface area contributed by atoms with E-state index in [1.807, 2.05) is 6.07 Å². The lowest BCUT2D eigenvalue weighted by molar-refractivity contribution is -0.0880. The summed E-state index contributed by atoms with van der Waals surface area (Å²) >= 11 is 0. The SMILES string of the molecule is COc1ccc([C@@H]2CO[C@@H](OC)C2)cc1OC1CCCC1. The second-order valence-corrected chi connectivity index (χ2v) is 5.87. The molecule has 0 amide bonds. The molecule has 1 aliphatic heterocycles. The van der Waals surface area contributed by atoms with Crippen LogP contribution >= 0.6 is 0 Å². The largest absolute Gasteiger partial charge is 0.493 e. The van der Waals surface area contributed by atoms with Gasteiger partial charge in [-0.1, -0.05) is 6.07 Å². The second kappa shape index (κ2) is 6.67. The first-order chi connectivity index (χ1) is 10.3. The van der Waals surface area contributed by atoms with E-state index in [0.29, 0.717) is 18.6 Å². The summed E-state index contributed by atoms with van der Waals surface area (Å²) in [5.74, 6) is 2.04. The summed E-state index contributed by atoms with van der Waals surface area (Å²) in [6.45, 7) is 0.702. The van der Waals surface area contributed by atoms with Crippen LogP contribution in [0.2, 0.25) is 0 Å². The van der Waals surface area contributed by atoms with Crippen LogP contribution in [0.3, 0.4) is 0 Å². The van der Waals surface area contributed by atoms with Crippen LogP contribution in [0, 0.1) is 0 Å². The van der Waals surface area contributed by atoms with Crippen LogP contribution in [0.4, 0.5) is 0 Å². The summed E-state index contributed by atoms with van der Waals surface area (Å²) in [6, 6.07) is 6.22. The standard InChI is InChI=1S/C17H24O4/c1-18-15-8-7-12(13-10-17(19-2)20-11-13)9-16(15)21-14-5-3-4-6-14/h7-9,13-14,17H,3-6,10-11H2,1-2H3/t13-,17+/m0/s1. The van der Waals surface area contributed by atoms with Crippen molar-refractivity contribution in [2.75, 3.05) is 20.8 Å². The van der Waals surface area contributed by atoms with Crippen LogP contribution in [0.5, 0.6) is 11.5 Å². The molecule has 0 radical (unpaired) electrons. The van der Waals surface area contributed by atoms with Crippen molar-refractivity contribution in [3.05, 3.63) is 23.8 Å². The van der Waals surface area contributed by atoms with E-state index in [1.165, 1.54) is 18.4 Å². The average Bonchev–Trinajstić information content (AvgIpc) is 3.18. The molecule has 2 atom stereocenters. The molecule has 1 aromatic carbocycles. The normalized spacial score (nSPS) is 26.2. The summed E-state index contributed by atoms with van der Waals surface area (Å²) in [6.07, 6.45) is 5.96. The van der Waals surface area contributed by atoms with Gasteiger partial charge in [0, 0.05) is 19.4 Å². The highest BCUT2D eigenvalue weighted by atomic mass is 16.7. The van der Waals surface area contributed by atoms with Gasteiger partial charge in [-0.15, -0.1) is 0 Å². The van der Waals surface area contributed by atoms with Crippen LogP contribution in [-0.2, 0) is 9.47 Å². The fourth-order valence-electron chi connectivity index (χ4n) is 3.21. The van der Waals surface area contributed by atoms with E-state index in [9.17, 15) is 0 Å². The first kappa shape index (κ1) is 14.7. The molecule has 4 heteroatoms. The third-order valence-electron chi connectivity index (χ3n) is 4.48. The number of hydrogen-bond acceptors (Lipinski definition) is 4. The van der Waals surface area contributed by atoms with Crippen molar-refractivity contribution < 1.29 is 18.9 Å². The molecule has 1 saturated carbocycles. The van der Waals surface area contributed by atoms with Crippen molar-refractivity contribution in [1.29, 1.82) is 0 Å². The van der Waals surface area contributed by atoms with E-state index in [1.54, 1.807) is 14.2 Å².